The van der Waals surface area contributed by atoms with E-state index >= 15 is 0 Å². The predicted octanol–water partition coefficient (Wildman–Crippen LogP) is 4.27. The first kappa shape index (κ1) is 23.9. The van der Waals surface area contributed by atoms with E-state index in [0.717, 1.165) is 38.5 Å². The summed E-state index contributed by atoms with van der Waals surface area (Å²) in [6.45, 7) is 4.08. The Labute approximate surface area is 154 Å². The second-order valence-corrected chi connectivity index (χ2v) is 6.63. The number of unbranched alkanes of at least 4 members (excludes halogenated alkanes) is 7. The molecule has 3 N–H and O–H groups in total. The van der Waals surface area contributed by atoms with Crippen molar-refractivity contribution >= 4 is 5.91 Å². The molecule has 146 valence electrons. The minimum Gasteiger partial charge on any atom is -0.394 e. The summed E-state index contributed by atoms with van der Waals surface area (Å²) in [6.07, 6.45) is 18.3. The fraction of sp³-hybridized carbons (Fsp3) is 0.762. The summed E-state index contributed by atoms with van der Waals surface area (Å²) in [4.78, 5) is 11.9. The summed E-state index contributed by atoms with van der Waals surface area (Å²) >= 11 is 0. The van der Waals surface area contributed by atoms with Crippen LogP contribution < -0.4 is 5.32 Å². The molecule has 0 saturated carbocycles. The molecule has 1 amide bonds. The lowest BCUT2D eigenvalue weighted by atomic mass is 10.1. The van der Waals surface area contributed by atoms with Gasteiger partial charge in [0, 0.05) is 6.42 Å². The van der Waals surface area contributed by atoms with Gasteiger partial charge >= 0.3 is 0 Å². The summed E-state index contributed by atoms with van der Waals surface area (Å²) in [5, 5.41) is 22.2. The highest BCUT2D eigenvalue weighted by atomic mass is 16.3. The summed E-state index contributed by atoms with van der Waals surface area (Å²) in [5.41, 5.74) is 0. The maximum absolute atomic E-state index is 11.9. The quantitative estimate of drug-likeness (QED) is 0.287. The topological polar surface area (TPSA) is 69.6 Å². The molecule has 4 heteroatoms. The minimum absolute atomic E-state index is 0.0931. The van der Waals surface area contributed by atoms with Gasteiger partial charge in [-0.05, 0) is 25.7 Å². The molecule has 2 unspecified atom stereocenters. The largest absolute Gasteiger partial charge is 0.394 e. The van der Waals surface area contributed by atoms with Crippen molar-refractivity contribution in [3.05, 3.63) is 24.3 Å². The van der Waals surface area contributed by atoms with Crippen LogP contribution in [0.5, 0.6) is 0 Å². The lowest BCUT2D eigenvalue weighted by Crippen LogP contribution is -2.45. The van der Waals surface area contributed by atoms with Crippen LogP contribution in [-0.4, -0.2) is 34.9 Å². The smallest absolute Gasteiger partial charge is 0.220 e. The first-order chi connectivity index (χ1) is 12.2. The lowest BCUT2D eigenvalue weighted by molar-refractivity contribution is -0.123. The summed E-state index contributed by atoms with van der Waals surface area (Å²) in [5.74, 6) is -0.0931. The van der Waals surface area contributed by atoms with Crippen molar-refractivity contribution in [1.82, 2.24) is 5.32 Å². The lowest BCUT2D eigenvalue weighted by Gasteiger charge is -2.19. The zero-order valence-electron chi connectivity index (χ0n) is 16.3. The highest BCUT2D eigenvalue weighted by molar-refractivity contribution is 5.76. The maximum atomic E-state index is 11.9. The highest BCUT2D eigenvalue weighted by Gasteiger charge is 2.17. The van der Waals surface area contributed by atoms with Crippen LogP contribution in [0.15, 0.2) is 24.3 Å². The van der Waals surface area contributed by atoms with Gasteiger partial charge in [-0.25, -0.2) is 0 Å². The van der Waals surface area contributed by atoms with Gasteiger partial charge in [0.25, 0.3) is 0 Å². The number of aliphatic hydroxyl groups is 2. The van der Waals surface area contributed by atoms with Crippen molar-refractivity contribution in [2.45, 2.75) is 96.6 Å². The average molecular weight is 354 g/mol. The van der Waals surface area contributed by atoms with Gasteiger partial charge in [0.15, 0.2) is 0 Å². The number of carbonyl (C=O) groups excluding carboxylic acids is 1. The Morgan fingerprint density at radius 1 is 0.920 bits per heavy atom. The van der Waals surface area contributed by atoms with E-state index in [4.69, 9.17) is 0 Å². The summed E-state index contributed by atoms with van der Waals surface area (Å²) < 4.78 is 0. The number of aliphatic hydroxyl groups excluding tert-OH is 2. The molecule has 0 aliphatic heterocycles. The molecule has 0 aliphatic rings. The van der Waals surface area contributed by atoms with Gasteiger partial charge in [-0.3, -0.25) is 4.79 Å². The molecule has 2 atom stereocenters. The van der Waals surface area contributed by atoms with Gasteiger partial charge in [0.1, 0.15) is 0 Å². The van der Waals surface area contributed by atoms with Crippen molar-refractivity contribution in [2.75, 3.05) is 6.61 Å². The van der Waals surface area contributed by atoms with Crippen molar-refractivity contribution < 1.29 is 15.0 Å². The monoisotopic (exact) mass is 353 g/mol. The zero-order chi connectivity index (χ0) is 18.8. The molecule has 0 aromatic rings. The number of nitrogens with one attached hydrogen (secondary N) is 1. The standard InChI is InChI=1S/C21H39NO3/c1-3-5-7-9-11-12-14-16-20(24)19(18-23)22-21(25)17-15-13-10-8-6-4-2/h7,9,14,16,19-20,23-24H,3-6,8,10-13,15,17-18H2,1-2H3,(H,22,25)/b9-7+,16-14+. The van der Waals surface area contributed by atoms with Gasteiger partial charge in [0.05, 0.1) is 18.8 Å². The number of amides is 1. The van der Waals surface area contributed by atoms with Crippen molar-refractivity contribution in [3.63, 3.8) is 0 Å². The van der Waals surface area contributed by atoms with Crippen molar-refractivity contribution in [3.8, 4) is 0 Å². The Balaban J connectivity index is 3.94. The fourth-order valence-corrected chi connectivity index (χ4v) is 2.55. The zero-order valence-corrected chi connectivity index (χ0v) is 16.3. The Kier molecular flexibility index (Phi) is 16.9. The van der Waals surface area contributed by atoms with Crippen LogP contribution in [-0.2, 0) is 4.79 Å². The van der Waals surface area contributed by atoms with E-state index in [9.17, 15) is 15.0 Å². The number of allylic oxidation sites excluding steroid dienone is 3. The minimum atomic E-state index is -0.849. The van der Waals surface area contributed by atoms with Crippen molar-refractivity contribution in [1.29, 1.82) is 0 Å². The average Bonchev–Trinajstić information content (AvgIpc) is 2.61. The van der Waals surface area contributed by atoms with Crippen LogP contribution in [0.25, 0.3) is 0 Å². The molecule has 0 aliphatic carbocycles. The Hall–Kier alpha value is -1.13. The molecule has 25 heavy (non-hydrogen) atoms. The fourth-order valence-electron chi connectivity index (χ4n) is 2.55. The van der Waals surface area contributed by atoms with E-state index in [0.29, 0.717) is 6.42 Å². The molecule has 0 fully saturated rings. The van der Waals surface area contributed by atoms with E-state index in [1.807, 2.05) is 6.08 Å². The van der Waals surface area contributed by atoms with E-state index in [1.54, 1.807) is 6.08 Å². The molecule has 0 saturated heterocycles. The van der Waals surface area contributed by atoms with Gasteiger partial charge in [-0.15, -0.1) is 0 Å². The predicted molar refractivity (Wildman–Crippen MR) is 105 cm³/mol. The third-order valence-electron chi connectivity index (χ3n) is 4.17. The Morgan fingerprint density at radius 3 is 2.24 bits per heavy atom. The van der Waals surface area contributed by atoms with E-state index in [2.05, 4.69) is 31.3 Å². The molecular weight excluding hydrogens is 314 g/mol. The van der Waals surface area contributed by atoms with Crippen LogP contribution in [0.4, 0.5) is 0 Å². The van der Waals surface area contributed by atoms with Crippen LogP contribution in [0, 0.1) is 0 Å². The van der Waals surface area contributed by atoms with Gasteiger partial charge in [-0.1, -0.05) is 76.7 Å². The third kappa shape index (κ3) is 14.9. The van der Waals surface area contributed by atoms with Crippen molar-refractivity contribution in [2.24, 2.45) is 0 Å². The molecule has 4 nitrogen and oxygen atoms in total. The summed E-state index contributed by atoms with van der Waals surface area (Å²) in [6, 6.07) is -0.625. The number of carbonyl (C=O) groups is 1. The Morgan fingerprint density at radius 2 is 1.56 bits per heavy atom. The highest BCUT2D eigenvalue weighted by Crippen LogP contribution is 2.07. The maximum Gasteiger partial charge on any atom is 0.220 e. The first-order valence-electron chi connectivity index (χ1n) is 10.1. The number of rotatable bonds is 16. The number of hydrogen-bond acceptors (Lipinski definition) is 3. The van der Waals surface area contributed by atoms with Crippen LogP contribution in [0.1, 0.15) is 84.5 Å². The number of hydrogen-bond donors (Lipinski definition) is 3. The second-order valence-electron chi connectivity index (χ2n) is 6.63. The molecule has 0 heterocycles. The normalized spacial score (nSPS) is 14.2. The summed E-state index contributed by atoms with van der Waals surface area (Å²) in [7, 11) is 0. The Bertz CT molecular complexity index is 366. The second kappa shape index (κ2) is 17.7. The first-order valence-corrected chi connectivity index (χ1v) is 10.1. The molecule has 0 bridgehead atoms. The molecule has 0 aromatic carbocycles. The third-order valence-corrected chi connectivity index (χ3v) is 4.17. The molecular formula is C21H39NO3. The van der Waals surface area contributed by atoms with Gasteiger partial charge in [-0.2, -0.15) is 0 Å². The van der Waals surface area contributed by atoms with Gasteiger partial charge < -0.3 is 15.5 Å². The van der Waals surface area contributed by atoms with Gasteiger partial charge in [0.2, 0.25) is 5.91 Å². The molecule has 0 rings (SSSR count). The molecule has 0 radical (unpaired) electrons. The van der Waals surface area contributed by atoms with E-state index in [-0.39, 0.29) is 12.5 Å². The van der Waals surface area contributed by atoms with E-state index in [1.165, 1.54) is 25.7 Å². The molecule has 0 aromatic heterocycles. The van der Waals surface area contributed by atoms with Crippen LogP contribution >= 0.6 is 0 Å². The van der Waals surface area contributed by atoms with E-state index < -0.39 is 12.1 Å². The SMILES string of the molecule is CCC/C=C/CC/C=C/C(O)C(CO)NC(=O)CCCCCCCC. The molecule has 0 spiro atoms. The van der Waals surface area contributed by atoms with Crippen LogP contribution in [0.2, 0.25) is 0 Å². The van der Waals surface area contributed by atoms with Crippen LogP contribution in [0.3, 0.4) is 0 Å².